The van der Waals surface area contributed by atoms with Gasteiger partial charge in [-0.05, 0) is 32.4 Å². The topological polar surface area (TPSA) is 63.2 Å². The van der Waals surface area contributed by atoms with Crippen LogP contribution < -0.4 is 4.72 Å². The van der Waals surface area contributed by atoms with Gasteiger partial charge < -0.3 is 0 Å². The summed E-state index contributed by atoms with van der Waals surface area (Å²) in [7, 11) is -3.48. The molecule has 94 valence electrons. The standard InChI is InChI=1S/C12H17NO3S/c1-4-9(2)13-17(15,16)12-7-5-11(6-8-12)10(3)14/h5-9,13H,4H2,1-3H3/t9-/m0/s1. The maximum atomic E-state index is 11.9. The van der Waals surface area contributed by atoms with Crippen LogP contribution in [0.15, 0.2) is 29.2 Å². The molecule has 0 aliphatic carbocycles. The van der Waals surface area contributed by atoms with Crippen LogP contribution in [0.3, 0.4) is 0 Å². The summed E-state index contributed by atoms with van der Waals surface area (Å²) in [5.74, 6) is -0.0798. The summed E-state index contributed by atoms with van der Waals surface area (Å²) in [6, 6.07) is 5.83. The number of nitrogens with one attached hydrogen (secondary N) is 1. The van der Waals surface area contributed by atoms with Crippen LogP contribution in [0.5, 0.6) is 0 Å². The Balaban J connectivity index is 2.96. The number of rotatable bonds is 5. The Morgan fingerprint density at radius 3 is 2.24 bits per heavy atom. The highest BCUT2D eigenvalue weighted by Crippen LogP contribution is 2.11. The zero-order valence-corrected chi connectivity index (χ0v) is 11.0. The van der Waals surface area contributed by atoms with Crippen molar-refractivity contribution in [1.82, 2.24) is 4.72 Å². The van der Waals surface area contributed by atoms with Crippen molar-refractivity contribution >= 4 is 15.8 Å². The van der Waals surface area contributed by atoms with Gasteiger partial charge in [-0.15, -0.1) is 0 Å². The molecule has 0 fully saturated rings. The number of hydrogen-bond acceptors (Lipinski definition) is 3. The molecule has 1 aromatic carbocycles. The molecule has 17 heavy (non-hydrogen) atoms. The van der Waals surface area contributed by atoms with Crippen LogP contribution in [-0.4, -0.2) is 20.2 Å². The van der Waals surface area contributed by atoms with Gasteiger partial charge in [0.25, 0.3) is 0 Å². The highest BCUT2D eigenvalue weighted by atomic mass is 32.2. The van der Waals surface area contributed by atoms with Gasteiger partial charge in [0.15, 0.2) is 5.78 Å². The van der Waals surface area contributed by atoms with Crippen molar-refractivity contribution in [3.05, 3.63) is 29.8 Å². The molecule has 0 heterocycles. The van der Waals surface area contributed by atoms with Gasteiger partial charge in [-0.2, -0.15) is 0 Å². The monoisotopic (exact) mass is 255 g/mol. The van der Waals surface area contributed by atoms with Crippen molar-refractivity contribution in [1.29, 1.82) is 0 Å². The fourth-order valence-corrected chi connectivity index (χ4v) is 2.61. The van der Waals surface area contributed by atoms with E-state index in [0.717, 1.165) is 6.42 Å². The average Bonchev–Trinajstić information content (AvgIpc) is 2.28. The van der Waals surface area contributed by atoms with Gasteiger partial charge >= 0.3 is 0 Å². The fourth-order valence-electron chi connectivity index (χ4n) is 1.29. The highest BCUT2D eigenvalue weighted by molar-refractivity contribution is 7.89. The summed E-state index contributed by atoms with van der Waals surface area (Å²) in [4.78, 5) is 11.2. The van der Waals surface area contributed by atoms with E-state index >= 15 is 0 Å². The number of benzene rings is 1. The van der Waals surface area contributed by atoms with Crippen LogP contribution >= 0.6 is 0 Å². The first-order valence-corrected chi connectivity index (χ1v) is 6.98. The second kappa shape index (κ2) is 5.42. The smallest absolute Gasteiger partial charge is 0.240 e. The Labute approximate surface area is 102 Å². The lowest BCUT2D eigenvalue weighted by Gasteiger charge is -2.12. The molecule has 0 amide bonds. The maximum absolute atomic E-state index is 11.9. The largest absolute Gasteiger partial charge is 0.295 e. The minimum atomic E-state index is -3.48. The molecule has 0 saturated heterocycles. The van der Waals surface area contributed by atoms with Gasteiger partial charge in [-0.1, -0.05) is 19.1 Å². The number of ketones is 1. The zero-order chi connectivity index (χ0) is 13.1. The summed E-state index contributed by atoms with van der Waals surface area (Å²) in [5.41, 5.74) is 0.507. The molecule has 0 spiro atoms. The van der Waals surface area contributed by atoms with Crippen LogP contribution in [0, 0.1) is 0 Å². The lowest BCUT2D eigenvalue weighted by Crippen LogP contribution is -2.31. The zero-order valence-electron chi connectivity index (χ0n) is 10.2. The van der Waals surface area contributed by atoms with Crippen LogP contribution in [0.2, 0.25) is 0 Å². The van der Waals surface area contributed by atoms with E-state index in [1.54, 1.807) is 0 Å². The normalized spacial score (nSPS) is 13.4. The van der Waals surface area contributed by atoms with E-state index in [1.165, 1.54) is 31.2 Å². The lowest BCUT2D eigenvalue weighted by molar-refractivity contribution is 0.101. The predicted molar refractivity (Wildman–Crippen MR) is 66.5 cm³/mol. The van der Waals surface area contributed by atoms with Crippen molar-refractivity contribution in [2.75, 3.05) is 0 Å². The quantitative estimate of drug-likeness (QED) is 0.818. The van der Waals surface area contributed by atoms with E-state index in [4.69, 9.17) is 0 Å². The molecule has 1 N–H and O–H groups in total. The highest BCUT2D eigenvalue weighted by Gasteiger charge is 2.16. The summed E-state index contributed by atoms with van der Waals surface area (Å²) in [6.45, 7) is 5.16. The molecular weight excluding hydrogens is 238 g/mol. The molecule has 1 atom stereocenters. The molecule has 0 aromatic heterocycles. The summed E-state index contributed by atoms with van der Waals surface area (Å²) in [6.07, 6.45) is 0.727. The van der Waals surface area contributed by atoms with E-state index in [0.29, 0.717) is 5.56 Å². The second-order valence-corrected chi connectivity index (χ2v) is 5.73. The van der Waals surface area contributed by atoms with E-state index in [-0.39, 0.29) is 16.7 Å². The Morgan fingerprint density at radius 1 is 1.29 bits per heavy atom. The minimum Gasteiger partial charge on any atom is -0.295 e. The fraction of sp³-hybridized carbons (Fsp3) is 0.417. The van der Waals surface area contributed by atoms with E-state index in [9.17, 15) is 13.2 Å². The van der Waals surface area contributed by atoms with Crippen LogP contribution in [0.4, 0.5) is 0 Å². The molecule has 4 nitrogen and oxygen atoms in total. The molecule has 0 unspecified atom stereocenters. The third-order valence-electron chi connectivity index (χ3n) is 2.54. The van der Waals surface area contributed by atoms with Crippen LogP contribution in [0.25, 0.3) is 0 Å². The Kier molecular flexibility index (Phi) is 4.42. The van der Waals surface area contributed by atoms with Crippen molar-refractivity contribution < 1.29 is 13.2 Å². The minimum absolute atomic E-state index is 0.0798. The first-order valence-electron chi connectivity index (χ1n) is 5.50. The van der Waals surface area contributed by atoms with Crippen LogP contribution in [0.1, 0.15) is 37.6 Å². The molecule has 0 radical (unpaired) electrons. The summed E-state index contributed by atoms with van der Waals surface area (Å²) >= 11 is 0. The third kappa shape index (κ3) is 3.64. The van der Waals surface area contributed by atoms with Crippen molar-refractivity contribution in [2.24, 2.45) is 0 Å². The number of Topliss-reactive ketones (excluding diaryl/α,β-unsaturated/α-hetero) is 1. The van der Waals surface area contributed by atoms with Gasteiger partial charge in [0.05, 0.1) is 4.90 Å². The summed E-state index contributed by atoms with van der Waals surface area (Å²) < 4.78 is 26.3. The molecule has 0 aliphatic rings. The number of hydrogen-bond donors (Lipinski definition) is 1. The van der Waals surface area contributed by atoms with E-state index < -0.39 is 10.0 Å². The first kappa shape index (κ1) is 13.9. The van der Waals surface area contributed by atoms with Crippen molar-refractivity contribution in [3.63, 3.8) is 0 Å². The lowest BCUT2D eigenvalue weighted by atomic mass is 10.2. The van der Waals surface area contributed by atoms with Crippen molar-refractivity contribution in [2.45, 2.75) is 38.1 Å². The van der Waals surface area contributed by atoms with E-state index in [2.05, 4.69) is 4.72 Å². The second-order valence-electron chi connectivity index (χ2n) is 4.01. The molecule has 0 bridgehead atoms. The Hall–Kier alpha value is -1.20. The Morgan fingerprint density at radius 2 is 1.82 bits per heavy atom. The predicted octanol–water partition coefficient (Wildman–Crippen LogP) is 1.97. The van der Waals surface area contributed by atoms with Gasteiger partial charge in [-0.3, -0.25) is 4.79 Å². The molecular formula is C12H17NO3S. The van der Waals surface area contributed by atoms with Gasteiger partial charge in [0.2, 0.25) is 10.0 Å². The number of carbonyl (C=O) groups excluding carboxylic acids is 1. The van der Waals surface area contributed by atoms with Gasteiger partial charge in [0, 0.05) is 11.6 Å². The third-order valence-corrected chi connectivity index (χ3v) is 4.15. The summed E-state index contributed by atoms with van der Waals surface area (Å²) in [5, 5.41) is 0. The Bertz CT molecular complexity index is 491. The number of carbonyl (C=O) groups is 1. The van der Waals surface area contributed by atoms with E-state index in [1.807, 2.05) is 13.8 Å². The first-order chi connectivity index (χ1) is 7.86. The SMILES string of the molecule is CC[C@H](C)NS(=O)(=O)c1ccc(C(C)=O)cc1. The van der Waals surface area contributed by atoms with Crippen LogP contribution in [-0.2, 0) is 10.0 Å². The molecule has 1 rings (SSSR count). The molecule has 0 saturated carbocycles. The number of sulfonamides is 1. The van der Waals surface area contributed by atoms with Crippen molar-refractivity contribution in [3.8, 4) is 0 Å². The maximum Gasteiger partial charge on any atom is 0.240 e. The average molecular weight is 255 g/mol. The molecule has 1 aromatic rings. The molecule has 0 aliphatic heterocycles. The van der Waals surface area contributed by atoms with Gasteiger partial charge in [-0.25, -0.2) is 13.1 Å². The molecule has 5 heteroatoms. The van der Waals surface area contributed by atoms with Gasteiger partial charge in [0.1, 0.15) is 0 Å².